The maximum absolute atomic E-state index is 12.5. The third kappa shape index (κ3) is 1.63. The lowest BCUT2D eigenvalue weighted by molar-refractivity contribution is -0.161. The molecule has 2 rings (SSSR count). The van der Waals surface area contributed by atoms with Crippen molar-refractivity contribution < 1.29 is 13.2 Å². The van der Waals surface area contributed by atoms with Crippen LogP contribution in [0.1, 0.15) is 6.92 Å². The van der Waals surface area contributed by atoms with Gasteiger partial charge in [0, 0.05) is 25.6 Å². The largest absolute Gasteiger partial charge is 0.404 e. The molecular weight excluding hydrogens is 193 g/mol. The SMILES string of the molecule is CCN1C[C@@H]2CN[C@@H](C(F)(F)F)[C@H]2C1. The van der Waals surface area contributed by atoms with Crippen LogP contribution >= 0.6 is 0 Å². The number of likely N-dealkylation sites (tertiary alicyclic amines) is 1. The second-order valence-electron chi connectivity index (χ2n) is 4.20. The first-order valence-corrected chi connectivity index (χ1v) is 5.05. The van der Waals surface area contributed by atoms with Gasteiger partial charge in [-0.15, -0.1) is 0 Å². The molecule has 0 aliphatic carbocycles. The van der Waals surface area contributed by atoms with Crippen molar-refractivity contribution in [1.29, 1.82) is 0 Å². The van der Waals surface area contributed by atoms with Gasteiger partial charge < -0.3 is 10.2 Å². The Morgan fingerprint density at radius 3 is 2.64 bits per heavy atom. The highest BCUT2D eigenvalue weighted by Crippen LogP contribution is 2.38. The Hall–Kier alpha value is -0.290. The van der Waals surface area contributed by atoms with Crippen LogP contribution in [0.4, 0.5) is 13.2 Å². The molecule has 2 fully saturated rings. The molecule has 2 aliphatic heterocycles. The summed E-state index contributed by atoms with van der Waals surface area (Å²) in [4.78, 5) is 2.11. The molecular formula is C9H15F3N2. The molecule has 82 valence electrons. The van der Waals surface area contributed by atoms with E-state index in [4.69, 9.17) is 0 Å². The van der Waals surface area contributed by atoms with Crippen LogP contribution in [0.3, 0.4) is 0 Å². The number of halogens is 3. The van der Waals surface area contributed by atoms with Gasteiger partial charge in [0.1, 0.15) is 6.04 Å². The van der Waals surface area contributed by atoms with Crippen LogP contribution in [0.25, 0.3) is 0 Å². The van der Waals surface area contributed by atoms with E-state index in [2.05, 4.69) is 10.2 Å². The number of hydrogen-bond acceptors (Lipinski definition) is 2. The smallest absolute Gasteiger partial charge is 0.306 e. The van der Waals surface area contributed by atoms with Gasteiger partial charge in [0.2, 0.25) is 0 Å². The number of alkyl halides is 3. The summed E-state index contributed by atoms with van der Waals surface area (Å²) in [6.45, 7) is 4.79. The summed E-state index contributed by atoms with van der Waals surface area (Å²) >= 11 is 0. The average molecular weight is 208 g/mol. The van der Waals surface area contributed by atoms with Crippen molar-refractivity contribution >= 4 is 0 Å². The first-order chi connectivity index (χ1) is 6.52. The lowest BCUT2D eigenvalue weighted by Gasteiger charge is -2.22. The summed E-state index contributed by atoms with van der Waals surface area (Å²) < 4.78 is 37.6. The summed E-state index contributed by atoms with van der Waals surface area (Å²) in [5, 5.41) is 2.59. The van der Waals surface area contributed by atoms with Gasteiger partial charge in [-0.25, -0.2) is 0 Å². The van der Waals surface area contributed by atoms with Crippen LogP contribution in [0, 0.1) is 11.8 Å². The van der Waals surface area contributed by atoms with Gasteiger partial charge >= 0.3 is 6.18 Å². The minimum Gasteiger partial charge on any atom is -0.306 e. The molecule has 2 heterocycles. The number of hydrogen-bond donors (Lipinski definition) is 1. The summed E-state index contributed by atoms with van der Waals surface area (Å²) in [6, 6.07) is -1.27. The number of nitrogens with zero attached hydrogens (tertiary/aromatic N) is 1. The zero-order valence-electron chi connectivity index (χ0n) is 8.14. The molecule has 2 nitrogen and oxygen atoms in total. The van der Waals surface area contributed by atoms with E-state index in [-0.39, 0.29) is 11.8 Å². The van der Waals surface area contributed by atoms with Crippen molar-refractivity contribution in [3.8, 4) is 0 Å². The van der Waals surface area contributed by atoms with Gasteiger partial charge in [-0.3, -0.25) is 0 Å². The van der Waals surface area contributed by atoms with Crippen LogP contribution in [-0.2, 0) is 0 Å². The average Bonchev–Trinajstić information content (AvgIpc) is 2.57. The van der Waals surface area contributed by atoms with E-state index < -0.39 is 12.2 Å². The quantitative estimate of drug-likeness (QED) is 0.694. The van der Waals surface area contributed by atoms with Gasteiger partial charge in [-0.2, -0.15) is 13.2 Å². The van der Waals surface area contributed by atoms with Crippen LogP contribution in [0.15, 0.2) is 0 Å². The highest BCUT2D eigenvalue weighted by atomic mass is 19.4. The van der Waals surface area contributed by atoms with E-state index in [0.29, 0.717) is 13.1 Å². The highest BCUT2D eigenvalue weighted by molar-refractivity contribution is 5.00. The topological polar surface area (TPSA) is 15.3 Å². The number of fused-ring (bicyclic) bond motifs is 1. The maximum atomic E-state index is 12.5. The molecule has 0 unspecified atom stereocenters. The third-order valence-corrected chi connectivity index (χ3v) is 3.40. The van der Waals surface area contributed by atoms with Gasteiger partial charge in [0.25, 0.3) is 0 Å². The van der Waals surface area contributed by atoms with Gasteiger partial charge in [-0.05, 0) is 12.5 Å². The summed E-state index contributed by atoms with van der Waals surface area (Å²) in [5.74, 6) is -0.0310. The van der Waals surface area contributed by atoms with Crippen LogP contribution in [0.2, 0.25) is 0 Å². The Morgan fingerprint density at radius 2 is 2.07 bits per heavy atom. The van der Waals surface area contributed by atoms with E-state index in [1.54, 1.807) is 0 Å². The van der Waals surface area contributed by atoms with Crippen molar-refractivity contribution in [1.82, 2.24) is 10.2 Å². The van der Waals surface area contributed by atoms with Crippen LogP contribution < -0.4 is 5.32 Å². The van der Waals surface area contributed by atoms with Crippen molar-refractivity contribution in [3.05, 3.63) is 0 Å². The molecule has 0 saturated carbocycles. The summed E-state index contributed by atoms with van der Waals surface area (Å²) in [5.41, 5.74) is 0. The molecule has 1 N–H and O–H groups in total. The molecule has 0 aromatic heterocycles. The third-order valence-electron chi connectivity index (χ3n) is 3.40. The number of rotatable bonds is 1. The zero-order chi connectivity index (χ0) is 10.3. The van der Waals surface area contributed by atoms with Crippen molar-refractivity contribution in [2.24, 2.45) is 11.8 Å². The molecule has 2 aliphatic rings. The Morgan fingerprint density at radius 1 is 1.36 bits per heavy atom. The first kappa shape index (κ1) is 10.2. The molecule has 3 atom stereocenters. The second-order valence-corrected chi connectivity index (χ2v) is 4.20. The fourth-order valence-electron chi connectivity index (χ4n) is 2.63. The van der Waals surface area contributed by atoms with E-state index in [9.17, 15) is 13.2 Å². The molecule has 0 aromatic rings. The Kier molecular flexibility index (Phi) is 2.47. The van der Waals surface area contributed by atoms with Crippen molar-refractivity contribution in [3.63, 3.8) is 0 Å². The fraction of sp³-hybridized carbons (Fsp3) is 1.00. The summed E-state index contributed by atoms with van der Waals surface area (Å²) in [7, 11) is 0. The second kappa shape index (κ2) is 3.38. The highest BCUT2D eigenvalue weighted by Gasteiger charge is 2.53. The molecule has 0 amide bonds. The minimum absolute atomic E-state index is 0.196. The Labute approximate surface area is 81.5 Å². The fourth-order valence-corrected chi connectivity index (χ4v) is 2.63. The predicted octanol–water partition coefficient (Wildman–Crippen LogP) is 1.09. The van der Waals surface area contributed by atoms with Gasteiger partial charge in [-0.1, -0.05) is 6.92 Å². The van der Waals surface area contributed by atoms with E-state index in [1.807, 2.05) is 6.92 Å². The molecule has 0 radical (unpaired) electrons. The van der Waals surface area contributed by atoms with E-state index >= 15 is 0 Å². The van der Waals surface area contributed by atoms with Crippen molar-refractivity contribution in [2.75, 3.05) is 26.2 Å². The van der Waals surface area contributed by atoms with Gasteiger partial charge in [0.05, 0.1) is 0 Å². The molecule has 14 heavy (non-hydrogen) atoms. The first-order valence-electron chi connectivity index (χ1n) is 5.05. The van der Waals surface area contributed by atoms with E-state index in [1.165, 1.54) is 0 Å². The zero-order valence-corrected chi connectivity index (χ0v) is 8.14. The Balaban J connectivity index is 2.05. The normalized spacial score (nSPS) is 39.0. The molecule has 0 spiro atoms. The minimum atomic E-state index is -4.08. The van der Waals surface area contributed by atoms with E-state index in [0.717, 1.165) is 13.1 Å². The van der Waals surface area contributed by atoms with Crippen LogP contribution in [-0.4, -0.2) is 43.3 Å². The standard InChI is InChI=1S/C9H15F3N2/c1-2-14-4-6-3-13-8(7(6)5-14)9(10,11)12/h6-8,13H,2-5H2,1H3/t6-,7-,8+/m0/s1. The molecule has 2 saturated heterocycles. The van der Waals surface area contributed by atoms with Crippen LogP contribution in [0.5, 0.6) is 0 Å². The lowest BCUT2D eigenvalue weighted by atomic mass is 9.94. The maximum Gasteiger partial charge on any atom is 0.404 e. The molecule has 0 bridgehead atoms. The van der Waals surface area contributed by atoms with Gasteiger partial charge in [0.15, 0.2) is 0 Å². The molecule has 0 aromatic carbocycles. The number of nitrogens with one attached hydrogen (secondary N) is 1. The Bertz CT molecular complexity index is 217. The van der Waals surface area contributed by atoms with Crippen molar-refractivity contribution in [2.45, 2.75) is 19.1 Å². The predicted molar refractivity (Wildman–Crippen MR) is 46.9 cm³/mol. The molecule has 5 heteroatoms. The lowest BCUT2D eigenvalue weighted by Crippen LogP contribution is -2.43. The monoisotopic (exact) mass is 208 g/mol. The summed E-state index contributed by atoms with van der Waals surface area (Å²) in [6.07, 6.45) is -4.08.